The second-order valence-electron chi connectivity index (χ2n) is 5.44. The van der Waals surface area contributed by atoms with Crippen LogP contribution >= 0.6 is 0 Å². The summed E-state index contributed by atoms with van der Waals surface area (Å²) in [4.78, 5) is 0. The summed E-state index contributed by atoms with van der Waals surface area (Å²) in [6.45, 7) is 4.29. The smallest absolute Gasteiger partial charge is 0.423 e. The molecule has 0 aliphatic heterocycles. The van der Waals surface area contributed by atoms with Gasteiger partial charge in [-0.2, -0.15) is 0 Å². The lowest BCUT2D eigenvalue weighted by Gasteiger charge is -2.11. The van der Waals surface area contributed by atoms with Crippen LogP contribution in [-0.4, -0.2) is 17.2 Å². The Balaban J connectivity index is 2.28. The highest BCUT2D eigenvalue weighted by atomic mass is 16.4. The van der Waals surface area contributed by atoms with Crippen molar-refractivity contribution in [3.8, 4) is 11.1 Å². The van der Waals surface area contributed by atoms with E-state index in [0.29, 0.717) is 5.46 Å². The first-order valence-electron chi connectivity index (χ1n) is 7.74. The highest BCUT2D eigenvalue weighted by Gasteiger charge is 2.13. The van der Waals surface area contributed by atoms with Crippen LogP contribution in [-0.2, 0) is 12.8 Å². The molecule has 0 atom stereocenters. The van der Waals surface area contributed by atoms with Gasteiger partial charge in [-0.3, -0.25) is 0 Å². The van der Waals surface area contributed by atoms with Crippen LogP contribution in [0.2, 0.25) is 0 Å². The van der Waals surface area contributed by atoms with E-state index in [9.17, 15) is 10.0 Å². The van der Waals surface area contributed by atoms with Gasteiger partial charge in [-0.05, 0) is 47.0 Å². The van der Waals surface area contributed by atoms with Crippen molar-refractivity contribution in [3.05, 3.63) is 53.6 Å². The molecule has 2 nitrogen and oxygen atoms in total. The minimum atomic E-state index is -1.40. The molecule has 0 aromatic heterocycles. The summed E-state index contributed by atoms with van der Waals surface area (Å²) < 4.78 is 0. The van der Waals surface area contributed by atoms with E-state index in [1.165, 1.54) is 29.5 Å². The second kappa shape index (κ2) is 7.44. The lowest BCUT2D eigenvalue weighted by Crippen LogP contribution is -2.30. The van der Waals surface area contributed by atoms with Crippen LogP contribution < -0.4 is 5.46 Å². The number of rotatable bonds is 6. The Morgan fingerprint density at radius 1 is 0.952 bits per heavy atom. The lowest BCUT2D eigenvalue weighted by molar-refractivity contribution is 0.425. The molecule has 2 aromatic carbocycles. The van der Waals surface area contributed by atoms with E-state index in [1.807, 2.05) is 12.1 Å². The normalized spacial score (nSPS) is 10.7. The zero-order valence-corrected chi connectivity index (χ0v) is 12.8. The molecule has 0 spiro atoms. The van der Waals surface area contributed by atoms with Crippen molar-refractivity contribution >= 4 is 12.6 Å². The number of hydrogen-bond donors (Lipinski definition) is 2. The van der Waals surface area contributed by atoms with Gasteiger partial charge in [0.1, 0.15) is 0 Å². The van der Waals surface area contributed by atoms with Gasteiger partial charge >= 0.3 is 7.12 Å². The van der Waals surface area contributed by atoms with Crippen LogP contribution in [0.25, 0.3) is 11.1 Å². The first-order chi connectivity index (χ1) is 10.2. The minimum absolute atomic E-state index is 0.551. The van der Waals surface area contributed by atoms with Gasteiger partial charge in [0, 0.05) is 0 Å². The average Bonchev–Trinajstić information content (AvgIpc) is 2.52. The van der Waals surface area contributed by atoms with Crippen LogP contribution in [0.1, 0.15) is 37.8 Å². The molecule has 0 unspecified atom stereocenters. The summed E-state index contributed by atoms with van der Waals surface area (Å²) in [5, 5.41) is 18.6. The zero-order chi connectivity index (χ0) is 15.2. The summed E-state index contributed by atoms with van der Waals surface area (Å²) in [6.07, 6.45) is 4.44. The maximum atomic E-state index is 9.28. The van der Waals surface area contributed by atoms with E-state index in [0.717, 1.165) is 18.4 Å². The monoisotopic (exact) mass is 282 g/mol. The molecular formula is C18H23BO2. The van der Waals surface area contributed by atoms with E-state index in [2.05, 4.69) is 38.1 Å². The molecule has 0 amide bonds. The van der Waals surface area contributed by atoms with Crippen molar-refractivity contribution in [3.63, 3.8) is 0 Å². The Bertz CT molecular complexity index is 576. The average molecular weight is 282 g/mol. The topological polar surface area (TPSA) is 40.5 Å². The predicted octanol–water partition coefficient (Wildman–Crippen LogP) is 2.94. The van der Waals surface area contributed by atoms with Crippen LogP contribution in [0, 0.1) is 0 Å². The molecular weight excluding hydrogens is 259 g/mol. The highest BCUT2D eigenvalue weighted by molar-refractivity contribution is 6.58. The molecule has 0 radical (unpaired) electrons. The third kappa shape index (κ3) is 3.96. The third-order valence-electron chi connectivity index (χ3n) is 3.89. The van der Waals surface area contributed by atoms with Gasteiger partial charge in [0.05, 0.1) is 0 Å². The van der Waals surface area contributed by atoms with Gasteiger partial charge in [0.15, 0.2) is 0 Å². The van der Waals surface area contributed by atoms with E-state index in [1.54, 1.807) is 6.07 Å². The molecule has 0 heterocycles. The summed E-state index contributed by atoms with van der Waals surface area (Å²) in [7, 11) is -1.40. The van der Waals surface area contributed by atoms with Crippen molar-refractivity contribution in [2.24, 2.45) is 0 Å². The zero-order valence-electron chi connectivity index (χ0n) is 12.8. The van der Waals surface area contributed by atoms with Crippen LogP contribution in [0.15, 0.2) is 42.5 Å². The van der Waals surface area contributed by atoms with Gasteiger partial charge in [0.25, 0.3) is 0 Å². The fourth-order valence-corrected chi connectivity index (χ4v) is 2.58. The SMILES string of the molecule is CCCCc1ccc(-c2ccc(B(O)O)cc2CC)cc1. The third-order valence-corrected chi connectivity index (χ3v) is 3.89. The Kier molecular flexibility index (Phi) is 5.60. The largest absolute Gasteiger partial charge is 0.488 e. The molecule has 2 rings (SSSR count). The highest BCUT2D eigenvalue weighted by Crippen LogP contribution is 2.24. The van der Waals surface area contributed by atoms with Crippen molar-refractivity contribution in [2.45, 2.75) is 39.5 Å². The molecule has 0 bridgehead atoms. The van der Waals surface area contributed by atoms with Gasteiger partial charge in [-0.25, -0.2) is 0 Å². The predicted molar refractivity (Wildman–Crippen MR) is 89.7 cm³/mol. The summed E-state index contributed by atoms with van der Waals surface area (Å²) >= 11 is 0. The maximum absolute atomic E-state index is 9.28. The van der Waals surface area contributed by atoms with Crippen LogP contribution in [0.3, 0.4) is 0 Å². The van der Waals surface area contributed by atoms with Crippen molar-refractivity contribution < 1.29 is 10.0 Å². The second-order valence-corrected chi connectivity index (χ2v) is 5.44. The van der Waals surface area contributed by atoms with E-state index in [-0.39, 0.29) is 0 Å². The van der Waals surface area contributed by atoms with Crippen LogP contribution in [0.4, 0.5) is 0 Å². The first kappa shape index (κ1) is 15.8. The summed E-state index contributed by atoms with van der Waals surface area (Å²) in [6, 6.07) is 14.4. The number of aryl methyl sites for hydroxylation is 2. The van der Waals surface area contributed by atoms with Crippen LogP contribution in [0.5, 0.6) is 0 Å². The van der Waals surface area contributed by atoms with E-state index < -0.39 is 7.12 Å². The van der Waals surface area contributed by atoms with Crippen molar-refractivity contribution in [2.75, 3.05) is 0 Å². The first-order valence-corrected chi connectivity index (χ1v) is 7.74. The summed E-state index contributed by atoms with van der Waals surface area (Å²) in [5.41, 5.74) is 5.42. The Morgan fingerprint density at radius 2 is 1.67 bits per heavy atom. The van der Waals surface area contributed by atoms with Gasteiger partial charge < -0.3 is 10.0 Å². The number of hydrogen-bond acceptors (Lipinski definition) is 2. The van der Waals surface area contributed by atoms with Crippen molar-refractivity contribution in [1.82, 2.24) is 0 Å². The molecule has 0 fully saturated rings. The van der Waals surface area contributed by atoms with Gasteiger partial charge in [-0.15, -0.1) is 0 Å². The van der Waals surface area contributed by atoms with Crippen molar-refractivity contribution in [1.29, 1.82) is 0 Å². The standard InChI is InChI=1S/C18H23BO2/c1-3-5-6-14-7-9-16(10-8-14)18-12-11-17(19(20)21)13-15(18)4-2/h7-13,20-21H,3-6H2,1-2H3. The van der Waals surface area contributed by atoms with Gasteiger partial charge in [0.2, 0.25) is 0 Å². The molecule has 3 heteroatoms. The van der Waals surface area contributed by atoms with E-state index >= 15 is 0 Å². The van der Waals surface area contributed by atoms with E-state index in [4.69, 9.17) is 0 Å². The molecule has 21 heavy (non-hydrogen) atoms. The Hall–Kier alpha value is -1.58. The quantitative estimate of drug-likeness (QED) is 0.800. The molecule has 0 saturated heterocycles. The fraction of sp³-hybridized carbons (Fsp3) is 0.333. The fourth-order valence-electron chi connectivity index (χ4n) is 2.58. The molecule has 0 saturated carbocycles. The number of benzene rings is 2. The molecule has 110 valence electrons. The summed E-state index contributed by atoms with van der Waals surface area (Å²) in [5.74, 6) is 0. The Labute approximate surface area is 127 Å². The van der Waals surface area contributed by atoms with Gasteiger partial charge in [-0.1, -0.05) is 62.7 Å². The molecule has 2 N–H and O–H groups in total. The lowest BCUT2D eigenvalue weighted by atomic mass is 9.78. The maximum Gasteiger partial charge on any atom is 0.488 e. The molecule has 2 aromatic rings. The number of unbranched alkanes of at least 4 members (excludes halogenated alkanes) is 1. The molecule has 0 aliphatic carbocycles. The Morgan fingerprint density at radius 3 is 2.24 bits per heavy atom. The molecule has 0 aliphatic rings. The minimum Gasteiger partial charge on any atom is -0.423 e.